The third-order valence-corrected chi connectivity index (χ3v) is 7.15. The summed E-state index contributed by atoms with van der Waals surface area (Å²) >= 11 is 0. The van der Waals surface area contributed by atoms with E-state index in [1.54, 1.807) is 24.3 Å². The molecule has 1 heterocycles. The van der Waals surface area contributed by atoms with Crippen molar-refractivity contribution in [3.63, 3.8) is 0 Å². The average Bonchev–Trinajstić information content (AvgIpc) is 3.16. The first-order chi connectivity index (χ1) is 18.1. The topological polar surface area (TPSA) is 121 Å². The van der Waals surface area contributed by atoms with Gasteiger partial charge in [-0.1, -0.05) is 24.3 Å². The highest BCUT2D eigenvalue weighted by atomic mass is 16.5. The van der Waals surface area contributed by atoms with Gasteiger partial charge in [-0.2, -0.15) is 10.5 Å². The Bertz CT molecular complexity index is 1260. The first kappa shape index (κ1) is 26.0. The van der Waals surface area contributed by atoms with Gasteiger partial charge in [0.05, 0.1) is 48.2 Å². The van der Waals surface area contributed by atoms with Crippen LogP contribution in [-0.2, 0) is 0 Å². The van der Waals surface area contributed by atoms with Gasteiger partial charge < -0.3 is 25.0 Å². The molecule has 0 radical (unpaired) electrons. The van der Waals surface area contributed by atoms with Crippen LogP contribution in [-0.4, -0.2) is 41.7 Å². The lowest BCUT2D eigenvalue weighted by molar-refractivity contribution is 0.201. The molecule has 4 rings (SSSR count). The highest BCUT2D eigenvalue weighted by Gasteiger charge is 2.33. The van der Waals surface area contributed by atoms with Crippen LogP contribution >= 0.6 is 0 Å². The van der Waals surface area contributed by atoms with E-state index in [0.29, 0.717) is 29.1 Å². The monoisotopic (exact) mass is 497 g/mol. The fourth-order valence-corrected chi connectivity index (χ4v) is 5.29. The Kier molecular flexibility index (Phi) is 8.64. The fourth-order valence-electron chi connectivity index (χ4n) is 5.29. The van der Waals surface area contributed by atoms with Crippen LogP contribution in [0.25, 0.3) is 0 Å². The Morgan fingerprint density at radius 3 is 2.22 bits per heavy atom. The van der Waals surface area contributed by atoms with Crippen molar-refractivity contribution in [1.82, 2.24) is 0 Å². The minimum absolute atomic E-state index is 0.00119. The van der Waals surface area contributed by atoms with Gasteiger partial charge in [-0.3, -0.25) is 0 Å². The molecule has 1 aliphatic heterocycles. The summed E-state index contributed by atoms with van der Waals surface area (Å²) in [6, 6.07) is 24.4. The van der Waals surface area contributed by atoms with E-state index in [-0.39, 0.29) is 43.4 Å². The van der Waals surface area contributed by atoms with E-state index >= 15 is 0 Å². The van der Waals surface area contributed by atoms with E-state index in [4.69, 9.17) is 15.1 Å². The smallest absolute Gasteiger partial charge is 0.142 e. The molecule has 0 bridgehead atoms. The molecule has 0 aliphatic carbocycles. The molecule has 0 amide bonds. The number of nitriles is 2. The van der Waals surface area contributed by atoms with Crippen LogP contribution in [0.2, 0.25) is 0 Å². The van der Waals surface area contributed by atoms with Crippen molar-refractivity contribution in [2.75, 3.05) is 31.3 Å². The Morgan fingerprint density at radius 2 is 1.62 bits per heavy atom. The molecule has 1 fully saturated rings. The van der Waals surface area contributed by atoms with Crippen LogP contribution < -0.4 is 9.64 Å². The predicted molar refractivity (Wildman–Crippen MR) is 140 cm³/mol. The first-order valence-corrected chi connectivity index (χ1v) is 12.5. The van der Waals surface area contributed by atoms with Gasteiger partial charge in [0.15, 0.2) is 0 Å². The molecular formula is C30H31N3O4. The summed E-state index contributed by atoms with van der Waals surface area (Å²) in [7, 11) is 0. The molecule has 0 spiro atoms. The molecule has 7 heteroatoms. The lowest BCUT2D eigenvalue weighted by Gasteiger charge is -2.35. The van der Waals surface area contributed by atoms with Gasteiger partial charge in [-0.05, 0) is 72.7 Å². The quantitative estimate of drug-likeness (QED) is 0.415. The Morgan fingerprint density at radius 1 is 0.946 bits per heavy atom. The number of anilines is 1. The van der Waals surface area contributed by atoms with E-state index in [1.165, 1.54) is 0 Å². The van der Waals surface area contributed by atoms with Crippen molar-refractivity contribution >= 4 is 5.69 Å². The normalized spacial score (nSPS) is 18.3. The molecule has 2 unspecified atom stereocenters. The number of ether oxygens (including phenoxy) is 1. The van der Waals surface area contributed by atoms with E-state index in [1.807, 2.05) is 42.5 Å². The van der Waals surface area contributed by atoms with Crippen molar-refractivity contribution in [2.24, 2.45) is 5.92 Å². The maximum Gasteiger partial charge on any atom is 0.142 e. The zero-order chi connectivity index (χ0) is 26.2. The second-order valence-electron chi connectivity index (χ2n) is 9.33. The number of hydrogen-bond donors (Lipinski definition) is 3. The molecule has 3 aromatic carbocycles. The van der Waals surface area contributed by atoms with E-state index in [0.717, 1.165) is 30.4 Å². The van der Waals surface area contributed by atoms with Crippen LogP contribution in [0.15, 0.2) is 66.7 Å². The number of aliphatic hydroxyl groups excluding tert-OH is 2. The van der Waals surface area contributed by atoms with Gasteiger partial charge in [-0.15, -0.1) is 0 Å². The van der Waals surface area contributed by atoms with Crippen molar-refractivity contribution in [3.8, 4) is 23.6 Å². The zero-order valence-electron chi connectivity index (χ0n) is 20.6. The van der Waals surface area contributed by atoms with Gasteiger partial charge in [0, 0.05) is 18.5 Å². The molecule has 37 heavy (non-hydrogen) atoms. The third-order valence-electron chi connectivity index (χ3n) is 7.15. The Labute approximate surface area is 217 Å². The van der Waals surface area contributed by atoms with Gasteiger partial charge in [0.1, 0.15) is 18.1 Å². The Hall–Kier alpha value is -4.04. The Balaban J connectivity index is 1.69. The molecule has 3 aromatic rings. The fraction of sp³-hybridized carbons (Fsp3) is 0.333. The minimum Gasteiger partial charge on any atom is -0.506 e. The number of aromatic hydroxyl groups is 1. The first-order valence-electron chi connectivity index (χ1n) is 12.5. The highest BCUT2D eigenvalue weighted by molar-refractivity contribution is 5.62. The summed E-state index contributed by atoms with van der Waals surface area (Å²) in [6.45, 7) is 0.744. The van der Waals surface area contributed by atoms with Crippen LogP contribution in [0.4, 0.5) is 5.69 Å². The molecule has 3 atom stereocenters. The number of aliphatic hydroxyl groups is 2. The van der Waals surface area contributed by atoms with Gasteiger partial charge in [-0.25, -0.2) is 0 Å². The van der Waals surface area contributed by atoms with Crippen molar-refractivity contribution in [3.05, 3.63) is 89.0 Å². The van der Waals surface area contributed by atoms with Gasteiger partial charge in [0.2, 0.25) is 0 Å². The van der Waals surface area contributed by atoms with E-state index in [9.17, 15) is 15.5 Å². The third kappa shape index (κ3) is 6.03. The van der Waals surface area contributed by atoms with E-state index in [2.05, 4.69) is 17.0 Å². The molecule has 7 nitrogen and oxygen atoms in total. The maximum absolute atomic E-state index is 10.9. The summed E-state index contributed by atoms with van der Waals surface area (Å²) in [5, 5.41) is 48.8. The van der Waals surface area contributed by atoms with Crippen LogP contribution in [0.5, 0.6) is 11.5 Å². The molecular weight excluding hydrogens is 466 g/mol. The zero-order valence-corrected chi connectivity index (χ0v) is 20.6. The number of hydrogen-bond acceptors (Lipinski definition) is 7. The second kappa shape index (κ2) is 12.3. The maximum atomic E-state index is 10.9. The van der Waals surface area contributed by atoms with Gasteiger partial charge in [0.25, 0.3) is 0 Å². The van der Waals surface area contributed by atoms with Crippen LogP contribution in [0.3, 0.4) is 0 Å². The molecule has 0 aromatic heterocycles. The largest absolute Gasteiger partial charge is 0.506 e. The highest BCUT2D eigenvalue weighted by Crippen LogP contribution is 2.44. The summed E-state index contributed by atoms with van der Waals surface area (Å²) in [5.41, 5.74) is 3.89. The molecule has 0 saturated carbocycles. The van der Waals surface area contributed by atoms with Crippen LogP contribution in [0.1, 0.15) is 53.5 Å². The number of phenols is 1. The van der Waals surface area contributed by atoms with Crippen molar-refractivity contribution in [1.29, 1.82) is 10.5 Å². The molecule has 1 saturated heterocycles. The summed E-state index contributed by atoms with van der Waals surface area (Å²) in [4.78, 5) is 2.19. The number of nitrogens with zero attached hydrogens (tertiary/aromatic N) is 3. The van der Waals surface area contributed by atoms with Gasteiger partial charge >= 0.3 is 0 Å². The molecule has 1 aliphatic rings. The summed E-state index contributed by atoms with van der Waals surface area (Å²) in [5.74, 6) is 0.659. The van der Waals surface area contributed by atoms with Crippen LogP contribution in [0, 0.1) is 28.6 Å². The lowest BCUT2D eigenvalue weighted by Crippen LogP contribution is -2.29. The molecule has 3 N–H and O–H groups in total. The number of rotatable bonds is 8. The standard InChI is InChI=1S/C30H31N3O4/c31-18-21-3-7-23(8-4-21)27(20-35)25-2-1-13-33(28-12-11-26(17-30(28)36)37-15-14-34)29(16-25)24-9-5-22(19-32)6-10-24/h3-12,17,25,27,29,34-36H,1-2,13-16,20H2/t25?,27?,29-/m0/s1. The number of phenolic OH excluding ortho intramolecular Hbond substituents is 1. The predicted octanol–water partition coefficient (Wildman–Crippen LogP) is 4.63. The summed E-state index contributed by atoms with van der Waals surface area (Å²) < 4.78 is 5.46. The van der Waals surface area contributed by atoms with Crippen molar-refractivity contribution in [2.45, 2.75) is 31.2 Å². The SMILES string of the molecule is N#Cc1ccc(C(CO)C2CCCN(c3ccc(OCCO)cc3O)[C@H](c3ccc(C#N)cc3)C2)cc1. The average molecular weight is 498 g/mol. The number of benzene rings is 3. The summed E-state index contributed by atoms with van der Waals surface area (Å²) in [6.07, 6.45) is 2.50. The second-order valence-corrected chi connectivity index (χ2v) is 9.33. The molecule has 190 valence electrons. The van der Waals surface area contributed by atoms with Crippen molar-refractivity contribution < 1.29 is 20.1 Å². The van der Waals surface area contributed by atoms with E-state index < -0.39 is 0 Å². The minimum atomic E-state index is -0.109. The lowest BCUT2D eigenvalue weighted by atomic mass is 9.79.